The zero-order valence-electron chi connectivity index (χ0n) is 10.6. The summed E-state index contributed by atoms with van der Waals surface area (Å²) in [5.41, 5.74) is 3.02. The summed E-state index contributed by atoms with van der Waals surface area (Å²) in [6, 6.07) is 7.29. The molecule has 1 aromatic carbocycles. The SMILES string of the molecule is OCC1CCN(C2CCCc3ccc(Br)cc32)C1. The molecule has 0 amide bonds. The van der Waals surface area contributed by atoms with Gasteiger partial charge in [-0.3, -0.25) is 4.90 Å². The molecule has 2 aliphatic rings. The zero-order valence-corrected chi connectivity index (χ0v) is 12.2. The topological polar surface area (TPSA) is 23.5 Å². The van der Waals surface area contributed by atoms with Gasteiger partial charge in [-0.1, -0.05) is 22.0 Å². The van der Waals surface area contributed by atoms with Gasteiger partial charge in [0.15, 0.2) is 0 Å². The first kappa shape index (κ1) is 12.6. The maximum Gasteiger partial charge on any atom is 0.0471 e. The highest BCUT2D eigenvalue weighted by Crippen LogP contribution is 2.38. The summed E-state index contributed by atoms with van der Waals surface area (Å²) in [5, 5.41) is 9.29. The molecule has 1 heterocycles. The quantitative estimate of drug-likeness (QED) is 0.907. The highest BCUT2D eigenvalue weighted by atomic mass is 79.9. The molecular weight excluding hydrogens is 290 g/mol. The van der Waals surface area contributed by atoms with E-state index in [0.29, 0.717) is 18.6 Å². The number of fused-ring (bicyclic) bond motifs is 1. The fraction of sp³-hybridized carbons (Fsp3) is 0.600. The molecule has 2 unspecified atom stereocenters. The third-order valence-corrected chi connectivity index (χ3v) is 4.90. The average molecular weight is 310 g/mol. The maximum atomic E-state index is 9.29. The van der Waals surface area contributed by atoms with E-state index in [0.717, 1.165) is 19.5 Å². The first-order chi connectivity index (χ1) is 8.78. The lowest BCUT2D eigenvalue weighted by Gasteiger charge is -2.33. The van der Waals surface area contributed by atoms with E-state index in [4.69, 9.17) is 0 Å². The molecule has 3 heteroatoms. The Bertz CT molecular complexity index is 435. The summed E-state index contributed by atoms with van der Waals surface area (Å²) in [5.74, 6) is 0.488. The van der Waals surface area contributed by atoms with Crippen LogP contribution in [0.2, 0.25) is 0 Å². The lowest BCUT2D eigenvalue weighted by molar-refractivity contribution is 0.187. The Kier molecular flexibility index (Phi) is 3.73. The van der Waals surface area contributed by atoms with Crippen LogP contribution in [0.4, 0.5) is 0 Å². The Morgan fingerprint density at radius 3 is 3.00 bits per heavy atom. The number of nitrogens with zero attached hydrogens (tertiary/aromatic N) is 1. The van der Waals surface area contributed by atoms with Gasteiger partial charge in [-0.25, -0.2) is 0 Å². The van der Waals surface area contributed by atoms with Gasteiger partial charge in [-0.2, -0.15) is 0 Å². The van der Waals surface area contributed by atoms with Crippen LogP contribution in [-0.4, -0.2) is 29.7 Å². The van der Waals surface area contributed by atoms with Gasteiger partial charge in [0.1, 0.15) is 0 Å². The van der Waals surface area contributed by atoms with E-state index >= 15 is 0 Å². The minimum absolute atomic E-state index is 0.342. The number of aliphatic hydroxyl groups is 1. The molecule has 0 saturated carbocycles. The third-order valence-electron chi connectivity index (χ3n) is 4.41. The van der Waals surface area contributed by atoms with Gasteiger partial charge in [0.25, 0.3) is 0 Å². The predicted octanol–water partition coefficient (Wildman–Crippen LogP) is 3.14. The van der Waals surface area contributed by atoms with E-state index in [1.54, 1.807) is 0 Å². The van der Waals surface area contributed by atoms with Crippen molar-refractivity contribution >= 4 is 15.9 Å². The molecule has 0 spiro atoms. The van der Waals surface area contributed by atoms with Crippen LogP contribution in [0.15, 0.2) is 22.7 Å². The zero-order chi connectivity index (χ0) is 12.5. The second kappa shape index (κ2) is 5.32. The fourth-order valence-corrected chi connectivity index (χ4v) is 3.80. The standard InChI is InChI=1S/C15H20BrNO/c16-13-5-4-12-2-1-3-15(14(12)8-13)17-7-6-11(9-17)10-18/h4-5,8,11,15,18H,1-3,6-7,9-10H2. The van der Waals surface area contributed by atoms with Crippen molar-refractivity contribution < 1.29 is 5.11 Å². The van der Waals surface area contributed by atoms with Crippen LogP contribution in [0.5, 0.6) is 0 Å². The average Bonchev–Trinajstić information content (AvgIpc) is 2.86. The highest BCUT2D eigenvalue weighted by Gasteiger charge is 2.31. The number of hydrogen-bond donors (Lipinski definition) is 1. The van der Waals surface area contributed by atoms with Crippen LogP contribution in [-0.2, 0) is 6.42 Å². The Morgan fingerprint density at radius 1 is 1.33 bits per heavy atom. The normalized spacial score (nSPS) is 28.3. The molecule has 0 aromatic heterocycles. The van der Waals surface area contributed by atoms with E-state index in [1.165, 1.54) is 34.9 Å². The van der Waals surface area contributed by atoms with E-state index in [2.05, 4.69) is 39.0 Å². The number of hydrogen-bond acceptors (Lipinski definition) is 2. The minimum atomic E-state index is 0.342. The summed E-state index contributed by atoms with van der Waals surface area (Å²) in [6.07, 6.45) is 4.92. The summed E-state index contributed by atoms with van der Waals surface area (Å²) >= 11 is 3.59. The molecular formula is C15H20BrNO. The Labute approximate surface area is 117 Å². The van der Waals surface area contributed by atoms with E-state index in [9.17, 15) is 5.11 Å². The first-order valence-corrected chi connectivity index (χ1v) is 7.70. The summed E-state index contributed by atoms with van der Waals surface area (Å²) in [6.45, 7) is 2.55. The van der Waals surface area contributed by atoms with Crippen molar-refractivity contribution in [3.05, 3.63) is 33.8 Å². The molecule has 1 N–H and O–H groups in total. The van der Waals surface area contributed by atoms with Crippen molar-refractivity contribution in [1.29, 1.82) is 0 Å². The fourth-order valence-electron chi connectivity index (χ4n) is 3.42. The predicted molar refractivity (Wildman–Crippen MR) is 76.6 cm³/mol. The maximum absolute atomic E-state index is 9.29. The van der Waals surface area contributed by atoms with Crippen LogP contribution < -0.4 is 0 Å². The number of halogens is 1. The van der Waals surface area contributed by atoms with E-state index in [1.807, 2.05) is 0 Å². The molecule has 1 saturated heterocycles. The van der Waals surface area contributed by atoms with Gasteiger partial charge >= 0.3 is 0 Å². The van der Waals surface area contributed by atoms with Crippen LogP contribution >= 0.6 is 15.9 Å². The molecule has 3 rings (SSSR count). The Morgan fingerprint density at radius 2 is 2.22 bits per heavy atom. The molecule has 98 valence electrons. The van der Waals surface area contributed by atoms with Crippen molar-refractivity contribution in [2.45, 2.75) is 31.7 Å². The van der Waals surface area contributed by atoms with Crippen LogP contribution in [0, 0.1) is 5.92 Å². The monoisotopic (exact) mass is 309 g/mol. The van der Waals surface area contributed by atoms with Crippen molar-refractivity contribution in [3.8, 4) is 0 Å². The minimum Gasteiger partial charge on any atom is -0.396 e. The number of aliphatic hydroxyl groups excluding tert-OH is 1. The summed E-state index contributed by atoms with van der Waals surface area (Å²) in [7, 11) is 0. The van der Waals surface area contributed by atoms with Gasteiger partial charge in [0.05, 0.1) is 0 Å². The lowest BCUT2D eigenvalue weighted by atomic mass is 9.87. The largest absolute Gasteiger partial charge is 0.396 e. The second-order valence-electron chi connectivity index (χ2n) is 5.58. The van der Waals surface area contributed by atoms with Crippen LogP contribution in [0.1, 0.15) is 36.4 Å². The highest BCUT2D eigenvalue weighted by molar-refractivity contribution is 9.10. The Balaban J connectivity index is 1.85. The number of rotatable bonds is 2. The third kappa shape index (κ3) is 2.36. The molecule has 1 fully saturated rings. The van der Waals surface area contributed by atoms with Crippen molar-refractivity contribution in [2.24, 2.45) is 5.92 Å². The molecule has 2 nitrogen and oxygen atoms in total. The molecule has 0 bridgehead atoms. The first-order valence-electron chi connectivity index (χ1n) is 6.91. The van der Waals surface area contributed by atoms with Crippen LogP contribution in [0.3, 0.4) is 0 Å². The number of aryl methyl sites for hydroxylation is 1. The molecule has 2 atom stereocenters. The van der Waals surface area contributed by atoms with E-state index < -0.39 is 0 Å². The molecule has 0 radical (unpaired) electrons. The second-order valence-corrected chi connectivity index (χ2v) is 6.50. The number of likely N-dealkylation sites (tertiary alicyclic amines) is 1. The van der Waals surface area contributed by atoms with Crippen molar-refractivity contribution in [1.82, 2.24) is 4.90 Å². The van der Waals surface area contributed by atoms with Gasteiger partial charge < -0.3 is 5.11 Å². The van der Waals surface area contributed by atoms with Gasteiger partial charge in [0, 0.05) is 23.7 Å². The molecule has 1 aromatic rings. The molecule has 18 heavy (non-hydrogen) atoms. The lowest BCUT2D eigenvalue weighted by Crippen LogP contribution is -2.29. The summed E-state index contributed by atoms with van der Waals surface area (Å²) < 4.78 is 1.19. The van der Waals surface area contributed by atoms with Crippen LogP contribution in [0.25, 0.3) is 0 Å². The summed E-state index contributed by atoms with van der Waals surface area (Å²) in [4.78, 5) is 2.57. The van der Waals surface area contributed by atoms with E-state index in [-0.39, 0.29) is 0 Å². The number of benzene rings is 1. The van der Waals surface area contributed by atoms with Crippen molar-refractivity contribution in [3.63, 3.8) is 0 Å². The molecule has 1 aliphatic carbocycles. The van der Waals surface area contributed by atoms with Gasteiger partial charge in [0.2, 0.25) is 0 Å². The Hall–Kier alpha value is -0.380. The molecule has 1 aliphatic heterocycles. The van der Waals surface area contributed by atoms with Crippen molar-refractivity contribution in [2.75, 3.05) is 19.7 Å². The smallest absolute Gasteiger partial charge is 0.0471 e. The van der Waals surface area contributed by atoms with Gasteiger partial charge in [-0.05, 0) is 61.4 Å². The van der Waals surface area contributed by atoms with Gasteiger partial charge in [-0.15, -0.1) is 0 Å².